The topological polar surface area (TPSA) is 41.3 Å². The Morgan fingerprint density at radius 2 is 2.33 bits per heavy atom. The largest absolute Gasteiger partial charge is 0.383 e. The molecule has 18 heavy (non-hydrogen) atoms. The highest BCUT2D eigenvalue weighted by Gasteiger charge is 2.40. The molecule has 1 aromatic heterocycles. The van der Waals surface area contributed by atoms with Crippen molar-refractivity contribution in [3.63, 3.8) is 0 Å². The quantitative estimate of drug-likeness (QED) is 0.931. The van der Waals surface area contributed by atoms with Gasteiger partial charge in [-0.1, -0.05) is 6.92 Å². The molecule has 0 aliphatic carbocycles. The molecule has 1 N–H and O–H groups in total. The Hall–Kier alpha value is -0.390. The van der Waals surface area contributed by atoms with Crippen LogP contribution in [0.1, 0.15) is 38.8 Å². The standard InChI is InChI=1S/C13H22BrN3O/c1-4-6-17-12(11(14)9-15-17)13(18)5-7-16(3)10(2)8-13/h9-10,18H,4-8H2,1-3H3. The number of aromatic nitrogens is 2. The Kier molecular flexibility index (Phi) is 4.14. The summed E-state index contributed by atoms with van der Waals surface area (Å²) < 4.78 is 2.87. The number of rotatable bonds is 3. The highest BCUT2D eigenvalue weighted by Crippen LogP contribution is 2.38. The molecule has 0 spiro atoms. The molecule has 1 aliphatic heterocycles. The van der Waals surface area contributed by atoms with Crippen LogP contribution in [0.3, 0.4) is 0 Å². The van der Waals surface area contributed by atoms with Crippen molar-refractivity contribution >= 4 is 15.9 Å². The molecule has 2 rings (SSSR count). The van der Waals surface area contributed by atoms with E-state index in [-0.39, 0.29) is 0 Å². The number of likely N-dealkylation sites (tertiary alicyclic amines) is 1. The summed E-state index contributed by atoms with van der Waals surface area (Å²) in [5.74, 6) is 0. The van der Waals surface area contributed by atoms with Crippen LogP contribution in [0.25, 0.3) is 0 Å². The lowest BCUT2D eigenvalue weighted by atomic mass is 9.84. The molecule has 0 aromatic carbocycles. The molecule has 1 aromatic rings. The van der Waals surface area contributed by atoms with E-state index in [2.05, 4.69) is 46.8 Å². The van der Waals surface area contributed by atoms with Crippen molar-refractivity contribution in [3.05, 3.63) is 16.4 Å². The average Bonchev–Trinajstić information content (AvgIpc) is 2.67. The molecule has 5 heteroatoms. The molecule has 0 bridgehead atoms. The number of aryl methyl sites for hydroxylation is 1. The lowest BCUT2D eigenvalue weighted by molar-refractivity contribution is -0.0477. The predicted octanol–water partition coefficient (Wildman–Crippen LogP) is 2.36. The first-order chi connectivity index (χ1) is 8.48. The van der Waals surface area contributed by atoms with Gasteiger partial charge in [0.05, 0.1) is 16.4 Å². The third-order valence-electron chi connectivity index (χ3n) is 3.93. The molecule has 1 fully saturated rings. The van der Waals surface area contributed by atoms with Crippen molar-refractivity contribution in [3.8, 4) is 0 Å². The van der Waals surface area contributed by atoms with Gasteiger partial charge in [-0.2, -0.15) is 5.10 Å². The van der Waals surface area contributed by atoms with Gasteiger partial charge >= 0.3 is 0 Å². The van der Waals surface area contributed by atoms with Crippen LogP contribution >= 0.6 is 15.9 Å². The van der Waals surface area contributed by atoms with Gasteiger partial charge in [-0.05, 0) is 49.2 Å². The number of piperidine rings is 1. The van der Waals surface area contributed by atoms with E-state index in [4.69, 9.17) is 0 Å². The minimum atomic E-state index is -0.754. The zero-order chi connectivity index (χ0) is 13.3. The Labute approximate surface area is 117 Å². The van der Waals surface area contributed by atoms with Crippen LogP contribution < -0.4 is 0 Å². The van der Waals surface area contributed by atoms with Crippen LogP contribution in [0.15, 0.2) is 10.7 Å². The van der Waals surface area contributed by atoms with Crippen LogP contribution in [0.2, 0.25) is 0 Å². The van der Waals surface area contributed by atoms with Crippen molar-refractivity contribution in [2.45, 2.75) is 51.3 Å². The summed E-state index contributed by atoms with van der Waals surface area (Å²) >= 11 is 3.54. The van der Waals surface area contributed by atoms with Gasteiger partial charge in [0.2, 0.25) is 0 Å². The normalized spacial score (nSPS) is 29.7. The van der Waals surface area contributed by atoms with Gasteiger partial charge < -0.3 is 10.0 Å². The number of aliphatic hydroxyl groups is 1. The van der Waals surface area contributed by atoms with Crippen molar-refractivity contribution in [2.75, 3.05) is 13.6 Å². The Bertz CT molecular complexity index is 420. The molecule has 0 amide bonds. The highest BCUT2D eigenvalue weighted by molar-refractivity contribution is 9.10. The summed E-state index contributed by atoms with van der Waals surface area (Å²) in [6.45, 7) is 6.06. The molecular weight excluding hydrogens is 294 g/mol. The average molecular weight is 316 g/mol. The first-order valence-electron chi connectivity index (χ1n) is 6.62. The maximum absolute atomic E-state index is 11.0. The van der Waals surface area contributed by atoms with Gasteiger partial charge in [-0.3, -0.25) is 4.68 Å². The molecular formula is C13H22BrN3O. The third kappa shape index (κ3) is 2.49. The molecule has 1 saturated heterocycles. The maximum Gasteiger partial charge on any atom is 0.110 e. The predicted molar refractivity (Wildman–Crippen MR) is 75.4 cm³/mol. The highest BCUT2D eigenvalue weighted by atomic mass is 79.9. The molecule has 0 saturated carbocycles. The fourth-order valence-corrected chi connectivity index (χ4v) is 3.42. The molecule has 2 atom stereocenters. The van der Waals surface area contributed by atoms with Crippen LogP contribution in [-0.2, 0) is 12.1 Å². The fraction of sp³-hybridized carbons (Fsp3) is 0.769. The van der Waals surface area contributed by atoms with E-state index >= 15 is 0 Å². The van der Waals surface area contributed by atoms with Crippen molar-refractivity contribution in [1.82, 2.24) is 14.7 Å². The van der Waals surface area contributed by atoms with E-state index in [0.29, 0.717) is 6.04 Å². The monoisotopic (exact) mass is 315 g/mol. The molecule has 2 unspecified atom stereocenters. The Morgan fingerprint density at radius 1 is 1.61 bits per heavy atom. The van der Waals surface area contributed by atoms with Gasteiger partial charge in [0, 0.05) is 19.1 Å². The van der Waals surface area contributed by atoms with Gasteiger partial charge in [0.1, 0.15) is 5.60 Å². The second kappa shape index (κ2) is 5.31. The van der Waals surface area contributed by atoms with E-state index in [1.54, 1.807) is 6.20 Å². The smallest absolute Gasteiger partial charge is 0.110 e. The number of hydrogen-bond acceptors (Lipinski definition) is 3. The zero-order valence-electron chi connectivity index (χ0n) is 11.4. The van der Waals surface area contributed by atoms with Gasteiger partial charge in [-0.25, -0.2) is 0 Å². The minimum Gasteiger partial charge on any atom is -0.383 e. The van der Waals surface area contributed by atoms with Crippen LogP contribution in [0.4, 0.5) is 0 Å². The zero-order valence-corrected chi connectivity index (χ0v) is 12.9. The fourth-order valence-electron chi connectivity index (χ4n) is 2.75. The van der Waals surface area contributed by atoms with Crippen molar-refractivity contribution < 1.29 is 5.11 Å². The first kappa shape index (κ1) is 14.0. The van der Waals surface area contributed by atoms with Gasteiger partial charge in [0.25, 0.3) is 0 Å². The lowest BCUT2D eigenvalue weighted by Gasteiger charge is -2.41. The van der Waals surface area contributed by atoms with Crippen LogP contribution in [0.5, 0.6) is 0 Å². The Balaban J connectivity index is 2.32. The summed E-state index contributed by atoms with van der Waals surface area (Å²) in [4.78, 5) is 2.29. The second-order valence-electron chi connectivity index (χ2n) is 5.38. The lowest BCUT2D eigenvalue weighted by Crippen LogP contribution is -2.47. The van der Waals surface area contributed by atoms with E-state index in [0.717, 1.165) is 42.5 Å². The summed E-state index contributed by atoms with van der Waals surface area (Å²) in [6.07, 6.45) is 4.35. The summed E-state index contributed by atoms with van der Waals surface area (Å²) in [5, 5.41) is 15.4. The summed E-state index contributed by atoms with van der Waals surface area (Å²) in [5.41, 5.74) is 0.195. The van der Waals surface area contributed by atoms with Crippen molar-refractivity contribution in [2.24, 2.45) is 0 Å². The number of hydrogen-bond donors (Lipinski definition) is 1. The number of nitrogens with zero attached hydrogens (tertiary/aromatic N) is 3. The third-order valence-corrected chi connectivity index (χ3v) is 4.51. The van der Waals surface area contributed by atoms with Gasteiger partial charge in [0.15, 0.2) is 0 Å². The molecule has 0 radical (unpaired) electrons. The van der Waals surface area contributed by atoms with E-state index < -0.39 is 5.60 Å². The minimum absolute atomic E-state index is 0.389. The molecule has 1 aliphatic rings. The summed E-state index contributed by atoms with van der Waals surface area (Å²) in [7, 11) is 2.11. The molecule has 102 valence electrons. The Morgan fingerprint density at radius 3 is 2.94 bits per heavy atom. The van der Waals surface area contributed by atoms with Crippen LogP contribution in [-0.4, -0.2) is 39.4 Å². The van der Waals surface area contributed by atoms with Crippen molar-refractivity contribution in [1.29, 1.82) is 0 Å². The SMILES string of the molecule is CCCn1ncc(Br)c1C1(O)CCN(C)C(C)C1. The van der Waals surface area contributed by atoms with E-state index in [1.165, 1.54) is 0 Å². The molecule has 2 heterocycles. The van der Waals surface area contributed by atoms with E-state index in [9.17, 15) is 5.11 Å². The second-order valence-corrected chi connectivity index (χ2v) is 6.23. The number of halogens is 1. The van der Waals surface area contributed by atoms with E-state index in [1.807, 2.05) is 4.68 Å². The molecule has 4 nitrogen and oxygen atoms in total. The first-order valence-corrected chi connectivity index (χ1v) is 7.41. The van der Waals surface area contributed by atoms with Crippen LogP contribution in [0, 0.1) is 0 Å². The maximum atomic E-state index is 11.0. The summed E-state index contributed by atoms with van der Waals surface area (Å²) in [6, 6.07) is 0.389. The van der Waals surface area contributed by atoms with Gasteiger partial charge in [-0.15, -0.1) is 0 Å².